The Morgan fingerprint density at radius 3 is 2.59 bits per heavy atom. The quantitative estimate of drug-likeness (QED) is 0.810. The normalized spacial score (nSPS) is 14.9. The molecule has 4 nitrogen and oxygen atoms in total. The van der Waals surface area contributed by atoms with Gasteiger partial charge in [-0.25, -0.2) is 4.98 Å². The van der Waals surface area contributed by atoms with E-state index in [0.717, 1.165) is 38.5 Å². The van der Waals surface area contributed by atoms with E-state index in [9.17, 15) is 0 Å². The summed E-state index contributed by atoms with van der Waals surface area (Å²) in [5, 5.41) is 0.520. The smallest absolute Gasteiger partial charge is 0.131 e. The molecule has 0 radical (unpaired) electrons. The number of benzene rings is 1. The summed E-state index contributed by atoms with van der Waals surface area (Å²) in [6, 6.07) is 12.6. The Hall–Kier alpha value is -1.78. The Morgan fingerprint density at radius 2 is 1.91 bits per heavy atom. The van der Waals surface area contributed by atoms with Crippen molar-refractivity contribution in [2.24, 2.45) is 0 Å². The van der Waals surface area contributed by atoms with Crippen LogP contribution in [0.3, 0.4) is 0 Å². The van der Waals surface area contributed by atoms with Crippen LogP contribution in [-0.2, 0) is 11.3 Å². The minimum absolute atomic E-state index is 0.520. The highest BCUT2D eigenvalue weighted by atomic mass is 35.5. The number of hydrogen-bond acceptors (Lipinski definition) is 4. The number of pyridine rings is 1. The maximum Gasteiger partial charge on any atom is 0.131 e. The van der Waals surface area contributed by atoms with Crippen molar-refractivity contribution in [3.63, 3.8) is 0 Å². The first-order valence-corrected chi connectivity index (χ1v) is 7.84. The minimum Gasteiger partial charge on any atom is -0.378 e. The van der Waals surface area contributed by atoms with Crippen LogP contribution in [0.25, 0.3) is 0 Å². The van der Waals surface area contributed by atoms with Gasteiger partial charge >= 0.3 is 0 Å². The second-order valence-electron chi connectivity index (χ2n) is 5.46. The molecule has 1 aromatic carbocycles. The van der Waals surface area contributed by atoms with E-state index in [2.05, 4.69) is 46.1 Å². The Kier molecular flexibility index (Phi) is 4.80. The van der Waals surface area contributed by atoms with Gasteiger partial charge in [0.25, 0.3) is 0 Å². The molecule has 0 N–H and O–H groups in total. The molecule has 0 aliphatic carbocycles. The lowest BCUT2D eigenvalue weighted by Gasteiger charge is -2.29. The van der Waals surface area contributed by atoms with Crippen molar-refractivity contribution >= 4 is 23.0 Å². The van der Waals surface area contributed by atoms with Crippen LogP contribution < -0.4 is 9.80 Å². The predicted molar refractivity (Wildman–Crippen MR) is 90.8 cm³/mol. The topological polar surface area (TPSA) is 28.6 Å². The fourth-order valence-corrected chi connectivity index (χ4v) is 2.80. The van der Waals surface area contributed by atoms with Gasteiger partial charge in [0.15, 0.2) is 0 Å². The lowest BCUT2D eigenvalue weighted by molar-refractivity contribution is 0.122. The maximum atomic E-state index is 5.95. The van der Waals surface area contributed by atoms with E-state index < -0.39 is 0 Å². The molecule has 0 saturated carbocycles. The van der Waals surface area contributed by atoms with Crippen molar-refractivity contribution < 1.29 is 4.74 Å². The van der Waals surface area contributed by atoms with Gasteiger partial charge < -0.3 is 14.5 Å². The van der Waals surface area contributed by atoms with E-state index in [-0.39, 0.29) is 0 Å². The van der Waals surface area contributed by atoms with Gasteiger partial charge in [-0.05, 0) is 29.8 Å². The zero-order chi connectivity index (χ0) is 15.4. The van der Waals surface area contributed by atoms with Crippen molar-refractivity contribution in [3.05, 3.63) is 53.3 Å². The number of rotatable bonds is 4. The van der Waals surface area contributed by atoms with Crippen LogP contribution in [0.4, 0.5) is 11.4 Å². The molecule has 2 heterocycles. The highest BCUT2D eigenvalue weighted by molar-refractivity contribution is 6.29. The molecule has 22 heavy (non-hydrogen) atoms. The van der Waals surface area contributed by atoms with Crippen molar-refractivity contribution in [2.45, 2.75) is 6.54 Å². The molecule has 0 unspecified atom stereocenters. The first kappa shape index (κ1) is 15.1. The van der Waals surface area contributed by atoms with Gasteiger partial charge in [0.1, 0.15) is 5.15 Å². The van der Waals surface area contributed by atoms with Crippen molar-refractivity contribution in [1.82, 2.24) is 4.98 Å². The van der Waals surface area contributed by atoms with E-state index >= 15 is 0 Å². The number of ether oxygens (including phenoxy) is 1. The van der Waals surface area contributed by atoms with E-state index in [1.807, 2.05) is 12.1 Å². The van der Waals surface area contributed by atoms with E-state index in [0.29, 0.717) is 5.15 Å². The number of anilines is 2. The van der Waals surface area contributed by atoms with E-state index in [1.165, 1.54) is 11.3 Å². The lowest BCUT2D eigenvalue weighted by atomic mass is 10.1. The van der Waals surface area contributed by atoms with Crippen molar-refractivity contribution in [1.29, 1.82) is 0 Å². The molecule has 1 aliphatic rings. The highest BCUT2D eigenvalue weighted by Crippen LogP contribution is 2.20. The third kappa shape index (κ3) is 3.70. The number of halogens is 1. The molecule has 1 fully saturated rings. The molecule has 0 atom stereocenters. The van der Waals surface area contributed by atoms with Gasteiger partial charge in [-0.2, -0.15) is 0 Å². The summed E-state index contributed by atoms with van der Waals surface area (Å²) in [6.45, 7) is 4.40. The summed E-state index contributed by atoms with van der Waals surface area (Å²) in [5.74, 6) is 0. The zero-order valence-corrected chi connectivity index (χ0v) is 13.5. The Bertz CT molecular complexity index is 612. The molecule has 0 spiro atoms. The first-order chi connectivity index (χ1) is 10.7. The van der Waals surface area contributed by atoms with Crippen molar-refractivity contribution in [2.75, 3.05) is 43.2 Å². The van der Waals surface area contributed by atoms with E-state index in [1.54, 1.807) is 6.20 Å². The van der Waals surface area contributed by atoms with Gasteiger partial charge in [0.2, 0.25) is 0 Å². The van der Waals surface area contributed by atoms with E-state index in [4.69, 9.17) is 16.3 Å². The SMILES string of the molecule is CN(Cc1ccc(N2CCOCC2)cc1)c1ccnc(Cl)c1. The molecule has 0 bridgehead atoms. The van der Waals surface area contributed by atoms with Gasteiger partial charge in [-0.1, -0.05) is 23.7 Å². The molecule has 1 saturated heterocycles. The molecule has 5 heteroatoms. The summed E-state index contributed by atoms with van der Waals surface area (Å²) in [7, 11) is 2.06. The minimum atomic E-state index is 0.520. The second-order valence-corrected chi connectivity index (χ2v) is 5.85. The monoisotopic (exact) mass is 317 g/mol. The third-order valence-corrected chi connectivity index (χ3v) is 4.09. The van der Waals surface area contributed by atoms with Crippen molar-refractivity contribution in [3.8, 4) is 0 Å². The summed E-state index contributed by atoms with van der Waals surface area (Å²) in [5.41, 5.74) is 3.60. The summed E-state index contributed by atoms with van der Waals surface area (Å²) in [4.78, 5) is 8.54. The van der Waals surface area contributed by atoms with Crippen LogP contribution in [0.1, 0.15) is 5.56 Å². The van der Waals surface area contributed by atoms with Gasteiger partial charge in [0.05, 0.1) is 13.2 Å². The highest BCUT2D eigenvalue weighted by Gasteiger charge is 2.11. The van der Waals surface area contributed by atoms with Crippen LogP contribution >= 0.6 is 11.6 Å². The average molecular weight is 318 g/mol. The Balaban J connectivity index is 1.65. The van der Waals surface area contributed by atoms with Gasteiger partial charge in [-0.3, -0.25) is 0 Å². The standard InChI is InChI=1S/C17H20ClN3O/c1-20(16-6-7-19-17(18)12-16)13-14-2-4-15(5-3-14)21-8-10-22-11-9-21/h2-7,12H,8-11,13H2,1H3. The summed E-state index contributed by atoms with van der Waals surface area (Å²) in [6.07, 6.45) is 1.73. The molecule has 1 aromatic heterocycles. The molecule has 0 amide bonds. The van der Waals surface area contributed by atoms with Crippen LogP contribution in [-0.4, -0.2) is 38.3 Å². The lowest BCUT2D eigenvalue weighted by Crippen LogP contribution is -2.36. The predicted octanol–water partition coefficient (Wildman–Crippen LogP) is 3.21. The zero-order valence-electron chi connectivity index (χ0n) is 12.7. The number of morpholine rings is 1. The third-order valence-electron chi connectivity index (χ3n) is 3.88. The number of aromatic nitrogens is 1. The van der Waals surface area contributed by atoms with Gasteiger partial charge in [0, 0.05) is 44.3 Å². The maximum absolute atomic E-state index is 5.95. The van der Waals surface area contributed by atoms with Crippen LogP contribution in [0, 0.1) is 0 Å². The molecule has 3 rings (SSSR count). The molecule has 116 valence electrons. The average Bonchev–Trinajstić information content (AvgIpc) is 2.56. The van der Waals surface area contributed by atoms with Crippen LogP contribution in [0.5, 0.6) is 0 Å². The number of nitrogens with zero attached hydrogens (tertiary/aromatic N) is 3. The fourth-order valence-electron chi connectivity index (χ4n) is 2.63. The fraction of sp³-hybridized carbons (Fsp3) is 0.353. The largest absolute Gasteiger partial charge is 0.378 e. The van der Waals surface area contributed by atoms with Gasteiger partial charge in [-0.15, -0.1) is 0 Å². The molecule has 1 aliphatic heterocycles. The molecule has 2 aromatic rings. The summed E-state index contributed by atoms with van der Waals surface area (Å²) < 4.78 is 5.39. The second kappa shape index (κ2) is 6.99. The number of hydrogen-bond donors (Lipinski definition) is 0. The summed E-state index contributed by atoms with van der Waals surface area (Å²) >= 11 is 5.95. The molecular weight excluding hydrogens is 298 g/mol. The Morgan fingerprint density at radius 1 is 1.18 bits per heavy atom. The van der Waals surface area contributed by atoms with Crippen LogP contribution in [0.2, 0.25) is 5.15 Å². The first-order valence-electron chi connectivity index (χ1n) is 7.47. The molecular formula is C17H20ClN3O. The van der Waals surface area contributed by atoms with Crippen LogP contribution in [0.15, 0.2) is 42.6 Å². The Labute approximate surface area is 136 Å².